The normalized spacial score (nSPS) is 12.1. The highest BCUT2D eigenvalue weighted by molar-refractivity contribution is 7.99. The standard InChI is InChI=1S/C28H30N4O2S/c1-18(2)15-21-9-11-22(12-10-21)20(4)30-26(33)17-35-28-31-24-8-6-5-7-23(24)27(34)32(28)25-16-19(3)13-14-29-25/h5-14,16,18,20H,15,17H2,1-4H3,(H,30,33). The van der Waals surface area contributed by atoms with Gasteiger partial charge in [0.1, 0.15) is 5.82 Å². The van der Waals surface area contributed by atoms with Gasteiger partial charge < -0.3 is 5.32 Å². The first-order chi connectivity index (χ1) is 16.8. The summed E-state index contributed by atoms with van der Waals surface area (Å²) in [5, 5.41) is 4.01. The van der Waals surface area contributed by atoms with E-state index in [-0.39, 0.29) is 23.3 Å². The highest BCUT2D eigenvalue weighted by Gasteiger charge is 2.17. The molecular weight excluding hydrogens is 456 g/mol. The van der Waals surface area contributed by atoms with Crippen LogP contribution >= 0.6 is 11.8 Å². The zero-order chi connectivity index (χ0) is 24.9. The molecule has 2 aromatic carbocycles. The second-order valence-electron chi connectivity index (χ2n) is 9.16. The summed E-state index contributed by atoms with van der Waals surface area (Å²) in [4.78, 5) is 35.2. The van der Waals surface area contributed by atoms with Gasteiger partial charge in [0.15, 0.2) is 5.16 Å². The lowest BCUT2D eigenvalue weighted by Gasteiger charge is -2.16. The van der Waals surface area contributed by atoms with Crippen LogP contribution in [-0.2, 0) is 11.2 Å². The van der Waals surface area contributed by atoms with E-state index in [1.54, 1.807) is 18.3 Å². The van der Waals surface area contributed by atoms with Crippen LogP contribution in [-0.4, -0.2) is 26.2 Å². The predicted molar refractivity (Wildman–Crippen MR) is 142 cm³/mol. The van der Waals surface area contributed by atoms with Crippen molar-refractivity contribution in [2.75, 3.05) is 5.75 Å². The van der Waals surface area contributed by atoms with E-state index < -0.39 is 0 Å². The average molecular weight is 487 g/mol. The molecule has 0 radical (unpaired) electrons. The van der Waals surface area contributed by atoms with Gasteiger partial charge in [-0.1, -0.05) is 62.0 Å². The van der Waals surface area contributed by atoms with Crippen molar-refractivity contribution in [3.05, 3.63) is 93.9 Å². The fraction of sp³-hybridized carbons (Fsp3) is 0.286. The topological polar surface area (TPSA) is 76.9 Å². The third-order valence-corrected chi connectivity index (χ3v) is 6.65. The lowest BCUT2D eigenvalue weighted by Crippen LogP contribution is -2.29. The van der Waals surface area contributed by atoms with E-state index in [0.29, 0.717) is 27.8 Å². The Hall–Kier alpha value is -3.45. The Morgan fingerprint density at radius 1 is 1.06 bits per heavy atom. The third kappa shape index (κ3) is 5.98. The van der Waals surface area contributed by atoms with Gasteiger partial charge in [0.05, 0.1) is 22.7 Å². The number of thioether (sulfide) groups is 1. The highest BCUT2D eigenvalue weighted by atomic mass is 32.2. The van der Waals surface area contributed by atoms with Crippen LogP contribution in [0.3, 0.4) is 0 Å². The summed E-state index contributed by atoms with van der Waals surface area (Å²) in [5.74, 6) is 1.10. The molecule has 4 aromatic rings. The van der Waals surface area contributed by atoms with Crippen molar-refractivity contribution in [1.29, 1.82) is 0 Å². The van der Waals surface area contributed by atoms with Crippen molar-refractivity contribution in [3.63, 3.8) is 0 Å². The molecule has 35 heavy (non-hydrogen) atoms. The van der Waals surface area contributed by atoms with Gasteiger partial charge in [-0.25, -0.2) is 14.5 Å². The van der Waals surface area contributed by atoms with E-state index >= 15 is 0 Å². The minimum absolute atomic E-state index is 0.124. The van der Waals surface area contributed by atoms with Crippen LogP contribution in [0.15, 0.2) is 76.8 Å². The lowest BCUT2D eigenvalue weighted by molar-refractivity contribution is -0.119. The Balaban J connectivity index is 1.53. The largest absolute Gasteiger partial charge is 0.349 e. The van der Waals surface area contributed by atoms with E-state index in [1.807, 2.05) is 38.1 Å². The zero-order valence-electron chi connectivity index (χ0n) is 20.5. The molecule has 0 aliphatic heterocycles. The van der Waals surface area contributed by atoms with E-state index in [0.717, 1.165) is 17.5 Å². The molecule has 0 spiro atoms. The molecule has 6 nitrogen and oxygen atoms in total. The number of benzene rings is 2. The van der Waals surface area contributed by atoms with Crippen molar-refractivity contribution in [1.82, 2.24) is 19.9 Å². The van der Waals surface area contributed by atoms with Gasteiger partial charge in [0.25, 0.3) is 5.56 Å². The molecule has 0 fully saturated rings. The van der Waals surface area contributed by atoms with Crippen molar-refractivity contribution in [2.45, 2.75) is 45.3 Å². The second-order valence-corrected chi connectivity index (χ2v) is 10.1. The summed E-state index contributed by atoms with van der Waals surface area (Å²) >= 11 is 1.23. The Morgan fingerprint density at radius 2 is 1.80 bits per heavy atom. The minimum Gasteiger partial charge on any atom is -0.349 e. The predicted octanol–water partition coefficient (Wildman–Crippen LogP) is 5.26. The Kier molecular flexibility index (Phi) is 7.66. The first kappa shape index (κ1) is 24.7. The Labute approximate surface area is 209 Å². The molecule has 0 bridgehead atoms. The number of para-hydroxylation sites is 1. The highest BCUT2D eigenvalue weighted by Crippen LogP contribution is 2.22. The lowest BCUT2D eigenvalue weighted by atomic mass is 10.00. The van der Waals surface area contributed by atoms with Crippen molar-refractivity contribution < 1.29 is 4.79 Å². The molecule has 0 saturated carbocycles. The maximum atomic E-state index is 13.3. The van der Waals surface area contributed by atoms with Crippen LogP contribution in [0.5, 0.6) is 0 Å². The van der Waals surface area contributed by atoms with Gasteiger partial charge in [-0.2, -0.15) is 0 Å². The smallest absolute Gasteiger partial charge is 0.267 e. The summed E-state index contributed by atoms with van der Waals surface area (Å²) in [6.45, 7) is 8.32. The first-order valence-corrected chi connectivity index (χ1v) is 12.8. The fourth-order valence-corrected chi connectivity index (χ4v) is 4.78. The Morgan fingerprint density at radius 3 is 2.51 bits per heavy atom. The number of fused-ring (bicyclic) bond motifs is 1. The third-order valence-electron chi connectivity index (χ3n) is 5.71. The van der Waals surface area contributed by atoms with Crippen LogP contribution in [0.2, 0.25) is 0 Å². The van der Waals surface area contributed by atoms with E-state index in [9.17, 15) is 9.59 Å². The molecule has 2 heterocycles. The number of nitrogens with zero attached hydrogens (tertiary/aromatic N) is 3. The molecule has 1 atom stereocenters. The number of carbonyl (C=O) groups excluding carboxylic acids is 1. The van der Waals surface area contributed by atoms with Gasteiger partial charge >= 0.3 is 0 Å². The number of amides is 1. The number of hydrogen-bond acceptors (Lipinski definition) is 5. The zero-order valence-corrected chi connectivity index (χ0v) is 21.3. The summed E-state index contributed by atoms with van der Waals surface area (Å²) in [7, 11) is 0. The molecule has 0 saturated heterocycles. The van der Waals surface area contributed by atoms with Gasteiger partial charge in [0.2, 0.25) is 5.91 Å². The van der Waals surface area contributed by atoms with E-state index in [2.05, 4.69) is 48.4 Å². The van der Waals surface area contributed by atoms with Crippen molar-refractivity contribution in [3.8, 4) is 5.82 Å². The van der Waals surface area contributed by atoms with Crippen LogP contribution in [0, 0.1) is 12.8 Å². The van der Waals surface area contributed by atoms with Crippen LogP contribution in [0.25, 0.3) is 16.7 Å². The van der Waals surface area contributed by atoms with E-state index in [1.165, 1.54) is 21.9 Å². The van der Waals surface area contributed by atoms with Crippen LogP contribution < -0.4 is 10.9 Å². The first-order valence-electron chi connectivity index (χ1n) is 11.8. The summed E-state index contributed by atoms with van der Waals surface area (Å²) in [6.07, 6.45) is 2.70. The summed E-state index contributed by atoms with van der Waals surface area (Å²) in [6, 6.07) is 19.2. The molecular formula is C28H30N4O2S. The molecule has 1 unspecified atom stereocenters. The molecule has 180 valence electrons. The van der Waals surface area contributed by atoms with Gasteiger partial charge in [0, 0.05) is 6.20 Å². The number of nitrogens with one attached hydrogen (secondary N) is 1. The van der Waals surface area contributed by atoms with Gasteiger partial charge in [-0.15, -0.1) is 0 Å². The second kappa shape index (κ2) is 10.9. The maximum Gasteiger partial charge on any atom is 0.267 e. The molecule has 7 heteroatoms. The van der Waals surface area contributed by atoms with Crippen LogP contribution in [0.4, 0.5) is 0 Å². The number of pyridine rings is 1. The van der Waals surface area contributed by atoms with E-state index in [4.69, 9.17) is 4.98 Å². The molecule has 2 aromatic heterocycles. The van der Waals surface area contributed by atoms with Crippen molar-refractivity contribution >= 4 is 28.6 Å². The monoisotopic (exact) mass is 486 g/mol. The Bertz CT molecular complexity index is 1400. The maximum absolute atomic E-state index is 13.3. The number of hydrogen-bond donors (Lipinski definition) is 1. The fourth-order valence-electron chi connectivity index (χ4n) is 3.96. The summed E-state index contributed by atoms with van der Waals surface area (Å²) in [5.41, 5.74) is 3.73. The molecule has 4 rings (SSSR count). The van der Waals surface area contributed by atoms with Crippen LogP contribution in [0.1, 0.15) is 43.5 Å². The number of rotatable bonds is 8. The van der Waals surface area contributed by atoms with Gasteiger partial charge in [-0.3, -0.25) is 9.59 Å². The molecule has 1 N–H and O–H groups in total. The molecule has 1 amide bonds. The molecule has 0 aliphatic rings. The SMILES string of the molecule is Cc1ccnc(-n2c(SCC(=O)NC(C)c3ccc(CC(C)C)cc3)nc3ccccc3c2=O)c1. The quantitative estimate of drug-likeness (QED) is 0.272. The average Bonchev–Trinajstić information content (AvgIpc) is 2.83. The number of aromatic nitrogens is 3. The number of aryl methyl sites for hydroxylation is 1. The van der Waals surface area contributed by atoms with Gasteiger partial charge in [-0.05, 0) is 67.1 Å². The van der Waals surface area contributed by atoms with Crippen molar-refractivity contribution in [2.24, 2.45) is 5.92 Å². The molecule has 0 aliphatic carbocycles. The number of carbonyl (C=O) groups is 1. The minimum atomic E-state index is -0.202. The summed E-state index contributed by atoms with van der Waals surface area (Å²) < 4.78 is 1.49.